The van der Waals surface area contributed by atoms with Crippen LogP contribution in [0.3, 0.4) is 0 Å². The van der Waals surface area contributed by atoms with Crippen LogP contribution in [-0.2, 0) is 0 Å². The lowest BCUT2D eigenvalue weighted by molar-refractivity contribution is 0.0877. The van der Waals surface area contributed by atoms with Crippen LogP contribution in [0.4, 0.5) is 11.4 Å². The van der Waals surface area contributed by atoms with Gasteiger partial charge in [0.1, 0.15) is 0 Å². The molecule has 2 aliphatic heterocycles. The summed E-state index contributed by atoms with van der Waals surface area (Å²) in [5.41, 5.74) is 10.9. The van der Waals surface area contributed by atoms with Gasteiger partial charge in [0.2, 0.25) is 0 Å². The van der Waals surface area contributed by atoms with Gasteiger partial charge in [-0.15, -0.1) is 0 Å². The predicted molar refractivity (Wildman–Crippen MR) is 238 cm³/mol. The standard InChI is InChI=1S/C52H50N2O4/c1-23(2)31-15-13-16-32(24(3)4)47(31)53-49(55)35-19-27(9)39-41-29(11)21-37-44-38(52(58)54(51(37)57)48-33(25(5)6)17-14-18-34(48)26(7)8)22-30(12)42(46(41)44)40-28(10)20-36(50(53)56)43(35)45(39)40/h13-26H,1-12H3. The van der Waals surface area contributed by atoms with Gasteiger partial charge in [-0.3, -0.25) is 19.2 Å². The maximum absolute atomic E-state index is 15.0. The van der Waals surface area contributed by atoms with Crippen LogP contribution in [0.5, 0.6) is 0 Å². The molecule has 0 aliphatic carbocycles. The Labute approximate surface area is 340 Å². The summed E-state index contributed by atoms with van der Waals surface area (Å²) in [6, 6.07) is 20.0. The number of nitrogens with zero attached hydrogens (tertiary/aromatic N) is 2. The minimum Gasteiger partial charge on any atom is -0.268 e. The Morgan fingerprint density at radius 3 is 0.776 bits per heavy atom. The number of hydrogen-bond donors (Lipinski definition) is 0. The molecule has 9 rings (SSSR count). The minimum atomic E-state index is -0.319. The van der Waals surface area contributed by atoms with Crippen LogP contribution >= 0.6 is 0 Å². The van der Waals surface area contributed by atoms with E-state index in [1.54, 1.807) is 0 Å². The van der Waals surface area contributed by atoms with Crippen LogP contribution in [-0.4, -0.2) is 23.6 Å². The fourth-order valence-corrected chi connectivity index (χ4v) is 10.4. The second-order valence-corrected chi connectivity index (χ2v) is 18.0. The number of fused-ring (bicyclic) bond motifs is 2. The number of anilines is 2. The van der Waals surface area contributed by atoms with Gasteiger partial charge < -0.3 is 0 Å². The molecule has 0 spiro atoms. The summed E-state index contributed by atoms with van der Waals surface area (Å²) in [5.74, 6) is -0.917. The second-order valence-electron chi connectivity index (χ2n) is 18.0. The van der Waals surface area contributed by atoms with Gasteiger partial charge in [0, 0.05) is 33.0 Å². The Morgan fingerprint density at radius 2 is 0.569 bits per heavy atom. The quantitative estimate of drug-likeness (QED) is 0.0959. The maximum atomic E-state index is 15.0. The molecule has 6 nitrogen and oxygen atoms in total. The highest BCUT2D eigenvalue weighted by molar-refractivity contribution is 6.46. The molecule has 2 aliphatic rings. The fourth-order valence-electron chi connectivity index (χ4n) is 10.4. The molecule has 0 N–H and O–H groups in total. The first-order chi connectivity index (χ1) is 27.5. The molecule has 0 saturated heterocycles. The SMILES string of the molecule is Cc1cc2c3c(cc(C)c4c5c(C)cc6c7c(cc(C)c(c1c34)c75)C(=O)N(c1c(C(C)C)cccc1C(C)C)C6=O)C(=O)N(c1c(C(C)C)cccc1C(C)C)C2=O. The van der Waals surface area contributed by atoms with E-state index >= 15 is 19.2 Å². The third kappa shape index (κ3) is 4.84. The van der Waals surface area contributed by atoms with Crippen molar-refractivity contribution in [3.63, 3.8) is 0 Å². The van der Waals surface area contributed by atoms with Crippen LogP contribution in [0.1, 0.15) is 165 Å². The number of aryl methyl sites for hydroxylation is 4. The highest BCUT2D eigenvalue weighted by atomic mass is 16.2. The zero-order valence-corrected chi connectivity index (χ0v) is 35.6. The molecule has 0 aromatic heterocycles. The third-order valence-electron chi connectivity index (χ3n) is 13.0. The van der Waals surface area contributed by atoms with Gasteiger partial charge in [-0.2, -0.15) is 0 Å². The predicted octanol–water partition coefficient (Wildman–Crippen LogP) is 13.1. The monoisotopic (exact) mass is 766 g/mol. The Kier molecular flexibility index (Phi) is 8.32. The van der Waals surface area contributed by atoms with Crippen molar-refractivity contribution in [2.75, 3.05) is 9.80 Å². The van der Waals surface area contributed by atoms with E-state index in [0.29, 0.717) is 44.4 Å². The first kappa shape index (κ1) is 37.7. The van der Waals surface area contributed by atoms with E-state index in [2.05, 4.69) is 55.4 Å². The van der Waals surface area contributed by atoms with E-state index in [-0.39, 0.29) is 47.3 Å². The second kappa shape index (κ2) is 12.8. The van der Waals surface area contributed by atoms with Crippen LogP contribution in [0, 0.1) is 27.7 Å². The summed E-state index contributed by atoms with van der Waals surface area (Å²) in [6.45, 7) is 24.9. The maximum Gasteiger partial charge on any atom is 0.266 e. The molecule has 0 saturated carbocycles. The molecule has 6 heteroatoms. The zero-order valence-electron chi connectivity index (χ0n) is 35.6. The van der Waals surface area contributed by atoms with Crippen molar-refractivity contribution in [2.45, 2.75) is 107 Å². The highest BCUT2D eigenvalue weighted by Crippen LogP contribution is 2.52. The first-order valence-corrected chi connectivity index (χ1v) is 20.7. The lowest BCUT2D eigenvalue weighted by atomic mass is 9.77. The number of benzene rings is 7. The number of carbonyl (C=O) groups is 4. The van der Waals surface area contributed by atoms with Crippen molar-refractivity contribution >= 4 is 78.1 Å². The smallest absolute Gasteiger partial charge is 0.266 e. The highest BCUT2D eigenvalue weighted by Gasteiger charge is 2.42. The van der Waals surface area contributed by atoms with Crippen molar-refractivity contribution in [1.82, 2.24) is 0 Å². The normalized spacial score (nSPS) is 14.6. The average Bonchev–Trinajstić information content (AvgIpc) is 3.16. The summed E-state index contributed by atoms with van der Waals surface area (Å²) in [5, 5.41) is 6.89. The van der Waals surface area contributed by atoms with Crippen molar-refractivity contribution in [2.24, 2.45) is 0 Å². The topological polar surface area (TPSA) is 74.8 Å². The van der Waals surface area contributed by atoms with E-state index in [4.69, 9.17) is 0 Å². The van der Waals surface area contributed by atoms with Crippen LogP contribution < -0.4 is 9.80 Å². The van der Waals surface area contributed by atoms with Gasteiger partial charge in [-0.05, 0) is 152 Å². The Morgan fingerprint density at radius 1 is 0.345 bits per heavy atom. The van der Waals surface area contributed by atoms with Gasteiger partial charge in [-0.25, -0.2) is 9.80 Å². The molecule has 4 amide bonds. The van der Waals surface area contributed by atoms with Gasteiger partial charge >= 0.3 is 0 Å². The van der Waals surface area contributed by atoms with E-state index in [1.165, 1.54) is 9.80 Å². The molecule has 7 aromatic carbocycles. The number of hydrogen-bond acceptors (Lipinski definition) is 4. The molecule has 0 atom stereocenters. The van der Waals surface area contributed by atoms with Crippen molar-refractivity contribution in [1.29, 1.82) is 0 Å². The number of imide groups is 2. The number of amides is 4. The van der Waals surface area contributed by atoms with Gasteiger partial charge in [0.15, 0.2) is 0 Å². The number of carbonyl (C=O) groups excluding carboxylic acids is 4. The van der Waals surface area contributed by atoms with E-state index in [0.717, 1.165) is 76.8 Å². The Balaban J connectivity index is 1.37. The van der Waals surface area contributed by atoms with E-state index in [1.807, 2.05) is 88.4 Å². The largest absolute Gasteiger partial charge is 0.268 e. The summed E-state index contributed by atoms with van der Waals surface area (Å²) < 4.78 is 0. The number of rotatable bonds is 6. The van der Waals surface area contributed by atoms with Crippen molar-refractivity contribution in [3.8, 4) is 0 Å². The van der Waals surface area contributed by atoms with Crippen LogP contribution in [0.15, 0.2) is 60.7 Å². The lowest BCUT2D eigenvalue weighted by Gasteiger charge is -2.35. The summed E-state index contributed by atoms with van der Waals surface area (Å²) in [6.07, 6.45) is 0. The Hall–Kier alpha value is -5.88. The van der Waals surface area contributed by atoms with Gasteiger partial charge in [0.25, 0.3) is 23.6 Å². The third-order valence-corrected chi connectivity index (χ3v) is 13.0. The minimum absolute atomic E-state index is 0.0900. The summed E-state index contributed by atoms with van der Waals surface area (Å²) in [4.78, 5) is 62.9. The van der Waals surface area contributed by atoms with Gasteiger partial charge in [0.05, 0.1) is 11.4 Å². The molecular weight excluding hydrogens is 717 g/mol. The molecule has 0 radical (unpaired) electrons. The molecule has 58 heavy (non-hydrogen) atoms. The molecule has 292 valence electrons. The Bertz CT molecular complexity index is 2650. The van der Waals surface area contributed by atoms with Crippen LogP contribution in [0.2, 0.25) is 0 Å². The zero-order chi connectivity index (χ0) is 41.5. The molecule has 7 aromatic rings. The van der Waals surface area contributed by atoms with Gasteiger partial charge in [-0.1, -0.05) is 91.8 Å². The molecular formula is C52H50N2O4. The summed E-state index contributed by atoms with van der Waals surface area (Å²) >= 11 is 0. The fraction of sp³-hybridized carbons (Fsp3) is 0.308. The van der Waals surface area contributed by atoms with E-state index in [9.17, 15) is 0 Å². The van der Waals surface area contributed by atoms with Crippen LogP contribution in [0.25, 0.3) is 43.1 Å². The molecule has 0 fully saturated rings. The average molecular weight is 767 g/mol. The van der Waals surface area contributed by atoms with Crippen molar-refractivity contribution in [3.05, 3.63) is 127 Å². The molecule has 0 unspecified atom stereocenters. The first-order valence-electron chi connectivity index (χ1n) is 20.7. The number of para-hydroxylation sites is 2. The van der Waals surface area contributed by atoms with Crippen molar-refractivity contribution < 1.29 is 19.2 Å². The molecule has 2 heterocycles. The molecule has 0 bridgehead atoms. The summed E-state index contributed by atoms with van der Waals surface area (Å²) in [7, 11) is 0. The lowest BCUT2D eigenvalue weighted by Crippen LogP contribution is -2.42. The van der Waals surface area contributed by atoms with E-state index < -0.39 is 0 Å².